The van der Waals surface area contributed by atoms with Crippen LogP contribution in [0.25, 0.3) is 0 Å². The lowest BCUT2D eigenvalue weighted by Crippen LogP contribution is -2.46. The molecule has 2 nitrogen and oxygen atoms in total. The number of aryl methyl sites for hydroxylation is 1. The number of hydrogen-bond acceptors (Lipinski definition) is 2. The van der Waals surface area contributed by atoms with Gasteiger partial charge in [-0.25, -0.2) is 4.39 Å². The number of benzene rings is 1. The number of nitrogens with zero attached hydrogens (tertiary/aromatic N) is 1. The monoisotopic (exact) mass is 328 g/mol. The van der Waals surface area contributed by atoms with E-state index in [1.165, 1.54) is 12.8 Å². The topological polar surface area (TPSA) is 15.3 Å². The first-order chi connectivity index (χ1) is 9.11. The van der Waals surface area contributed by atoms with Crippen LogP contribution in [-0.2, 0) is 0 Å². The van der Waals surface area contributed by atoms with Crippen LogP contribution in [0.5, 0.6) is 0 Å². The Kier molecular flexibility index (Phi) is 5.22. The molecular formula is C15H22BrFN2. The second kappa shape index (κ2) is 6.71. The second-order valence-corrected chi connectivity index (χ2v) is 6.15. The molecule has 106 valence electrons. The fraction of sp³-hybridized carbons (Fsp3) is 0.600. The van der Waals surface area contributed by atoms with Gasteiger partial charge in [-0.2, -0.15) is 0 Å². The highest BCUT2D eigenvalue weighted by atomic mass is 79.9. The molecule has 0 amide bonds. The maximum absolute atomic E-state index is 13.5. The number of anilines is 1. The van der Waals surface area contributed by atoms with Crippen LogP contribution in [0.1, 0.15) is 31.7 Å². The number of piperidine rings is 1. The minimum Gasteiger partial charge on any atom is -0.370 e. The molecule has 1 atom stereocenters. The molecule has 2 rings (SSSR count). The highest BCUT2D eigenvalue weighted by molar-refractivity contribution is 9.10. The summed E-state index contributed by atoms with van der Waals surface area (Å²) in [6.45, 7) is 7.31. The van der Waals surface area contributed by atoms with Crippen molar-refractivity contribution < 1.29 is 4.39 Å². The Bertz CT molecular complexity index is 436. The lowest BCUT2D eigenvalue weighted by molar-refractivity contribution is 0.423. The number of nitrogens with one attached hydrogen (secondary N) is 1. The summed E-state index contributed by atoms with van der Waals surface area (Å²) >= 11 is 3.29. The molecule has 0 saturated carbocycles. The highest BCUT2D eigenvalue weighted by Crippen LogP contribution is 2.29. The minimum absolute atomic E-state index is 0.182. The summed E-state index contributed by atoms with van der Waals surface area (Å²) < 4.78 is 14.0. The number of rotatable bonds is 4. The van der Waals surface area contributed by atoms with Crippen LogP contribution in [0.15, 0.2) is 16.6 Å². The second-order valence-electron chi connectivity index (χ2n) is 5.29. The van der Waals surface area contributed by atoms with Gasteiger partial charge in [0.05, 0.1) is 4.47 Å². The van der Waals surface area contributed by atoms with Crippen molar-refractivity contribution in [2.45, 2.75) is 39.2 Å². The van der Waals surface area contributed by atoms with Crippen LogP contribution in [0, 0.1) is 12.7 Å². The molecule has 1 saturated heterocycles. The van der Waals surface area contributed by atoms with Gasteiger partial charge in [0.2, 0.25) is 0 Å². The highest BCUT2D eigenvalue weighted by Gasteiger charge is 2.21. The molecule has 1 unspecified atom stereocenters. The van der Waals surface area contributed by atoms with Crippen LogP contribution < -0.4 is 10.2 Å². The summed E-state index contributed by atoms with van der Waals surface area (Å²) in [4.78, 5) is 2.37. The van der Waals surface area contributed by atoms with Crippen molar-refractivity contribution in [3.05, 3.63) is 28.0 Å². The lowest BCUT2D eigenvalue weighted by atomic mass is 10.0. The summed E-state index contributed by atoms with van der Waals surface area (Å²) in [5.74, 6) is -0.182. The van der Waals surface area contributed by atoms with Gasteiger partial charge < -0.3 is 10.2 Å². The van der Waals surface area contributed by atoms with Crippen LogP contribution in [0.4, 0.5) is 10.1 Å². The average Bonchev–Trinajstić information content (AvgIpc) is 2.41. The Morgan fingerprint density at radius 2 is 2.26 bits per heavy atom. The largest absolute Gasteiger partial charge is 0.370 e. The van der Waals surface area contributed by atoms with Gasteiger partial charge in [0.15, 0.2) is 0 Å². The fourth-order valence-corrected chi connectivity index (χ4v) is 3.02. The summed E-state index contributed by atoms with van der Waals surface area (Å²) in [6.07, 6.45) is 3.59. The number of halogens is 2. The molecule has 1 aliphatic rings. The van der Waals surface area contributed by atoms with Gasteiger partial charge in [-0.15, -0.1) is 0 Å². The first kappa shape index (κ1) is 14.8. The lowest BCUT2D eigenvalue weighted by Gasteiger charge is -2.36. The molecule has 1 heterocycles. The molecule has 4 heteroatoms. The zero-order valence-electron chi connectivity index (χ0n) is 11.7. The van der Waals surface area contributed by atoms with Gasteiger partial charge in [-0.1, -0.05) is 6.92 Å². The van der Waals surface area contributed by atoms with E-state index in [2.05, 4.69) is 33.1 Å². The van der Waals surface area contributed by atoms with E-state index in [0.29, 0.717) is 10.5 Å². The summed E-state index contributed by atoms with van der Waals surface area (Å²) in [6, 6.07) is 4.08. The molecular weight excluding hydrogens is 307 g/mol. The van der Waals surface area contributed by atoms with Crippen LogP contribution in [0.2, 0.25) is 0 Å². The molecule has 1 aromatic carbocycles. The van der Waals surface area contributed by atoms with E-state index >= 15 is 0 Å². The van der Waals surface area contributed by atoms with Gasteiger partial charge >= 0.3 is 0 Å². The van der Waals surface area contributed by atoms with Gasteiger partial charge in [-0.05, 0) is 66.4 Å². The zero-order valence-corrected chi connectivity index (χ0v) is 13.3. The van der Waals surface area contributed by atoms with Crippen molar-refractivity contribution in [1.82, 2.24) is 5.32 Å². The summed E-state index contributed by atoms with van der Waals surface area (Å²) in [5, 5.41) is 3.59. The first-order valence-electron chi connectivity index (χ1n) is 7.05. The molecule has 1 aromatic rings. The van der Waals surface area contributed by atoms with Crippen molar-refractivity contribution in [2.75, 3.05) is 24.5 Å². The van der Waals surface area contributed by atoms with Gasteiger partial charge in [0.1, 0.15) is 5.82 Å². The fourth-order valence-electron chi connectivity index (χ4n) is 2.69. The Labute approximate surface area is 123 Å². The molecule has 0 spiro atoms. The van der Waals surface area contributed by atoms with E-state index in [4.69, 9.17) is 0 Å². The molecule has 0 aromatic heterocycles. The maximum Gasteiger partial charge on any atom is 0.137 e. The van der Waals surface area contributed by atoms with Crippen molar-refractivity contribution in [1.29, 1.82) is 0 Å². The minimum atomic E-state index is -0.182. The van der Waals surface area contributed by atoms with Crippen molar-refractivity contribution >= 4 is 21.6 Å². The van der Waals surface area contributed by atoms with Crippen LogP contribution in [0.3, 0.4) is 0 Å². The quantitative estimate of drug-likeness (QED) is 0.902. The Morgan fingerprint density at radius 3 is 3.00 bits per heavy atom. The van der Waals surface area contributed by atoms with Gasteiger partial charge in [-0.3, -0.25) is 0 Å². The van der Waals surface area contributed by atoms with E-state index in [0.717, 1.165) is 37.3 Å². The van der Waals surface area contributed by atoms with Gasteiger partial charge in [0.25, 0.3) is 0 Å². The SMILES string of the molecule is CCCNC1CCCN(c2cc(Br)c(F)cc2C)C1. The summed E-state index contributed by atoms with van der Waals surface area (Å²) in [7, 11) is 0. The Morgan fingerprint density at radius 1 is 1.47 bits per heavy atom. The Hall–Kier alpha value is -0.610. The smallest absolute Gasteiger partial charge is 0.137 e. The molecule has 0 bridgehead atoms. The molecule has 19 heavy (non-hydrogen) atoms. The number of hydrogen-bond donors (Lipinski definition) is 1. The third-order valence-corrected chi connectivity index (χ3v) is 4.29. The predicted molar refractivity (Wildman–Crippen MR) is 82.4 cm³/mol. The maximum atomic E-state index is 13.5. The van der Waals surface area contributed by atoms with E-state index in [1.807, 2.05) is 13.0 Å². The average molecular weight is 329 g/mol. The normalized spacial score (nSPS) is 19.8. The van der Waals surface area contributed by atoms with Gasteiger partial charge in [0, 0.05) is 24.8 Å². The van der Waals surface area contributed by atoms with E-state index in [-0.39, 0.29) is 5.82 Å². The molecule has 0 aliphatic carbocycles. The zero-order chi connectivity index (χ0) is 13.8. The van der Waals surface area contributed by atoms with Crippen molar-refractivity contribution in [3.63, 3.8) is 0 Å². The van der Waals surface area contributed by atoms with Crippen molar-refractivity contribution in [3.8, 4) is 0 Å². The van der Waals surface area contributed by atoms with E-state index in [1.54, 1.807) is 6.07 Å². The summed E-state index contributed by atoms with van der Waals surface area (Å²) in [5.41, 5.74) is 2.16. The van der Waals surface area contributed by atoms with Crippen molar-refractivity contribution in [2.24, 2.45) is 0 Å². The van der Waals surface area contributed by atoms with E-state index in [9.17, 15) is 4.39 Å². The first-order valence-corrected chi connectivity index (χ1v) is 7.85. The Balaban J connectivity index is 2.10. The van der Waals surface area contributed by atoms with Crippen LogP contribution in [-0.4, -0.2) is 25.7 Å². The third-order valence-electron chi connectivity index (χ3n) is 3.68. The molecule has 1 N–H and O–H groups in total. The molecule has 0 radical (unpaired) electrons. The standard InChI is InChI=1S/C15H22BrFN2/c1-3-6-18-12-5-4-7-19(10-12)15-9-13(16)14(17)8-11(15)2/h8-9,12,18H,3-7,10H2,1-2H3. The molecule has 1 aliphatic heterocycles. The molecule has 1 fully saturated rings. The third kappa shape index (κ3) is 3.69. The predicted octanol–water partition coefficient (Wildman–Crippen LogP) is 3.87. The van der Waals surface area contributed by atoms with E-state index < -0.39 is 0 Å². The van der Waals surface area contributed by atoms with Crippen LogP contribution >= 0.6 is 15.9 Å².